The lowest BCUT2D eigenvalue weighted by Gasteiger charge is -2.30. The number of amides is 1. The van der Waals surface area contributed by atoms with Gasteiger partial charge in [0.05, 0.1) is 12.2 Å². The van der Waals surface area contributed by atoms with Crippen LogP contribution in [0, 0.1) is 0 Å². The van der Waals surface area contributed by atoms with E-state index >= 15 is 0 Å². The molecule has 0 aromatic heterocycles. The van der Waals surface area contributed by atoms with Crippen molar-refractivity contribution in [1.29, 1.82) is 0 Å². The van der Waals surface area contributed by atoms with Crippen molar-refractivity contribution < 1.29 is 19.4 Å². The van der Waals surface area contributed by atoms with Crippen LogP contribution >= 0.6 is 0 Å². The van der Waals surface area contributed by atoms with Gasteiger partial charge in [0.2, 0.25) is 5.91 Å². The smallest absolute Gasteiger partial charge is 0.331 e. The highest BCUT2D eigenvalue weighted by atomic mass is 16.5. The molecule has 0 heterocycles. The molecule has 5 heteroatoms. The van der Waals surface area contributed by atoms with Crippen molar-refractivity contribution in [3.8, 4) is 0 Å². The molecule has 0 bridgehead atoms. The monoisotopic (exact) mass is 229 g/mol. The Hall–Kier alpha value is -1.10. The van der Waals surface area contributed by atoms with Crippen LogP contribution in [0.3, 0.4) is 0 Å². The fourth-order valence-electron chi connectivity index (χ4n) is 2.12. The molecule has 0 aliphatic heterocycles. The standard InChI is InChI=1S/C11H19NO4/c1-3-16-10(14)9(12-8(2)13)11(15)6-4-5-7-11/h9,15H,3-7H2,1-2H3,(H,12,13). The van der Waals surface area contributed by atoms with Crippen LogP contribution in [0.15, 0.2) is 0 Å². The molecule has 1 rings (SSSR count). The van der Waals surface area contributed by atoms with Gasteiger partial charge in [-0.1, -0.05) is 12.8 Å². The van der Waals surface area contributed by atoms with Gasteiger partial charge in [-0.3, -0.25) is 4.79 Å². The van der Waals surface area contributed by atoms with Crippen molar-refractivity contribution in [3.63, 3.8) is 0 Å². The lowest BCUT2D eigenvalue weighted by Crippen LogP contribution is -2.56. The summed E-state index contributed by atoms with van der Waals surface area (Å²) in [5.41, 5.74) is -1.14. The van der Waals surface area contributed by atoms with E-state index in [9.17, 15) is 14.7 Å². The third-order valence-electron chi connectivity index (χ3n) is 2.88. The largest absolute Gasteiger partial charge is 0.464 e. The minimum atomic E-state index is -1.14. The Balaban J connectivity index is 2.77. The van der Waals surface area contributed by atoms with Crippen LogP contribution in [0.25, 0.3) is 0 Å². The second kappa shape index (κ2) is 5.30. The highest BCUT2D eigenvalue weighted by Gasteiger charge is 2.44. The quantitative estimate of drug-likeness (QED) is 0.682. The average molecular weight is 229 g/mol. The van der Waals surface area contributed by atoms with Crippen molar-refractivity contribution in [2.24, 2.45) is 0 Å². The van der Waals surface area contributed by atoms with E-state index in [0.717, 1.165) is 12.8 Å². The van der Waals surface area contributed by atoms with Crippen LogP contribution < -0.4 is 5.32 Å². The molecule has 0 aromatic carbocycles. The molecule has 1 aliphatic rings. The van der Waals surface area contributed by atoms with E-state index in [0.29, 0.717) is 12.8 Å². The van der Waals surface area contributed by atoms with E-state index in [2.05, 4.69) is 5.32 Å². The van der Waals surface area contributed by atoms with Crippen LogP contribution in [0.4, 0.5) is 0 Å². The lowest BCUT2D eigenvalue weighted by molar-refractivity contribution is -0.155. The summed E-state index contributed by atoms with van der Waals surface area (Å²) < 4.78 is 4.87. The number of nitrogens with one attached hydrogen (secondary N) is 1. The highest BCUT2D eigenvalue weighted by Crippen LogP contribution is 2.32. The molecule has 0 radical (unpaired) electrons. The summed E-state index contributed by atoms with van der Waals surface area (Å²) >= 11 is 0. The molecule has 92 valence electrons. The summed E-state index contributed by atoms with van der Waals surface area (Å²) in [5.74, 6) is -0.888. The van der Waals surface area contributed by atoms with E-state index in [4.69, 9.17) is 4.74 Å². The SMILES string of the molecule is CCOC(=O)C(NC(C)=O)C1(O)CCCC1. The zero-order valence-corrected chi connectivity index (χ0v) is 9.78. The van der Waals surface area contributed by atoms with Crippen LogP contribution in [-0.4, -0.2) is 35.2 Å². The molecular formula is C11H19NO4. The van der Waals surface area contributed by atoms with Gasteiger partial charge in [-0.05, 0) is 19.8 Å². The normalized spacial score (nSPS) is 20.2. The number of carbonyl (C=O) groups excluding carboxylic acids is 2. The van der Waals surface area contributed by atoms with Gasteiger partial charge in [0.25, 0.3) is 0 Å². The molecule has 1 atom stereocenters. The topological polar surface area (TPSA) is 75.6 Å². The Morgan fingerprint density at radius 3 is 2.44 bits per heavy atom. The van der Waals surface area contributed by atoms with Crippen LogP contribution in [0.5, 0.6) is 0 Å². The van der Waals surface area contributed by atoms with Gasteiger partial charge < -0.3 is 15.2 Å². The maximum Gasteiger partial charge on any atom is 0.331 e. The first kappa shape index (κ1) is 13.0. The van der Waals surface area contributed by atoms with E-state index in [-0.39, 0.29) is 12.5 Å². The second-order valence-corrected chi connectivity index (χ2v) is 4.20. The molecule has 1 aliphatic carbocycles. The molecule has 1 saturated carbocycles. The molecule has 1 amide bonds. The molecule has 0 saturated heterocycles. The first-order chi connectivity index (χ1) is 7.49. The fourth-order valence-corrected chi connectivity index (χ4v) is 2.12. The maximum absolute atomic E-state index is 11.7. The molecule has 1 unspecified atom stereocenters. The van der Waals surface area contributed by atoms with Gasteiger partial charge in [0, 0.05) is 6.92 Å². The van der Waals surface area contributed by atoms with Gasteiger partial charge in [-0.25, -0.2) is 4.79 Å². The second-order valence-electron chi connectivity index (χ2n) is 4.20. The molecule has 0 aromatic rings. The third kappa shape index (κ3) is 2.95. The highest BCUT2D eigenvalue weighted by molar-refractivity contribution is 5.84. The van der Waals surface area contributed by atoms with Crippen LogP contribution in [0.1, 0.15) is 39.5 Å². The van der Waals surface area contributed by atoms with Crippen molar-refractivity contribution in [1.82, 2.24) is 5.32 Å². The number of carbonyl (C=O) groups is 2. The molecule has 5 nitrogen and oxygen atoms in total. The van der Waals surface area contributed by atoms with E-state index in [1.54, 1.807) is 6.92 Å². The summed E-state index contributed by atoms with van der Waals surface area (Å²) in [4.78, 5) is 22.7. The van der Waals surface area contributed by atoms with Crippen LogP contribution in [-0.2, 0) is 14.3 Å². The van der Waals surface area contributed by atoms with Crippen molar-refractivity contribution >= 4 is 11.9 Å². The molecule has 0 spiro atoms. The van der Waals surface area contributed by atoms with E-state index in [1.165, 1.54) is 6.92 Å². The third-order valence-corrected chi connectivity index (χ3v) is 2.88. The number of aliphatic hydroxyl groups is 1. The zero-order valence-electron chi connectivity index (χ0n) is 9.78. The predicted octanol–water partition coefficient (Wildman–Crippen LogP) is 0.359. The number of hydrogen-bond donors (Lipinski definition) is 2. The van der Waals surface area contributed by atoms with Gasteiger partial charge in [0.15, 0.2) is 6.04 Å². The number of rotatable bonds is 4. The zero-order chi connectivity index (χ0) is 12.2. The molecular weight excluding hydrogens is 210 g/mol. The predicted molar refractivity (Wildman–Crippen MR) is 57.7 cm³/mol. The molecule has 1 fully saturated rings. The Kier molecular flexibility index (Phi) is 4.29. The minimum absolute atomic E-state index is 0.241. The average Bonchev–Trinajstić information content (AvgIpc) is 2.62. The fraction of sp³-hybridized carbons (Fsp3) is 0.818. The minimum Gasteiger partial charge on any atom is -0.464 e. The summed E-state index contributed by atoms with van der Waals surface area (Å²) in [5, 5.41) is 12.8. The van der Waals surface area contributed by atoms with Gasteiger partial charge >= 0.3 is 5.97 Å². The number of hydrogen-bond acceptors (Lipinski definition) is 4. The van der Waals surface area contributed by atoms with E-state index in [1.807, 2.05) is 0 Å². The Morgan fingerprint density at radius 1 is 1.44 bits per heavy atom. The number of esters is 1. The summed E-state index contributed by atoms with van der Waals surface area (Å²) in [6, 6.07) is -0.938. The first-order valence-electron chi connectivity index (χ1n) is 5.65. The first-order valence-corrected chi connectivity index (χ1v) is 5.65. The van der Waals surface area contributed by atoms with Gasteiger partial charge in [0.1, 0.15) is 0 Å². The van der Waals surface area contributed by atoms with E-state index < -0.39 is 17.6 Å². The Morgan fingerprint density at radius 2 is 2.00 bits per heavy atom. The van der Waals surface area contributed by atoms with Crippen molar-refractivity contribution in [2.75, 3.05) is 6.61 Å². The molecule has 2 N–H and O–H groups in total. The van der Waals surface area contributed by atoms with Crippen molar-refractivity contribution in [3.05, 3.63) is 0 Å². The summed E-state index contributed by atoms with van der Waals surface area (Å²) in [7, 11) is 0. The molecule has 16 heavy (non-hydrogen) atoms. The summed E-state index contributed by atoms with van der Waals surface area (Å²) in [6.45, 7) is 3.26. The number of ether oxygens (including phenoxy) is 1. The van der Waals surface area contributed by atoms with Crippen LogP contribution in [0.2, 0.25) is 0 Å². The van der Waals surface area contributed by atoms with Crippen molar-refractivity contribution in [2.45, 2.75) is 51.2 Å². The van der Waals surface area contributed by atoms with Gasteiger partial charge in [-0.15, -0.1) is 0 Å². The Bertz CT molecular complexity index is 271. The summed E-state index contributed by atoms with van der Waals surface area (Å²) in [6.07, 6.45) is 2.78. The lowest BCUT2D eigenvalue weighted by atomic mass is 9.92. The Labute approximate surface area is 95.2 Å². The van der Waals surface area contributed by atoms with Gasteiger partial charge in [-0.2, -0.15) is 0 Å². The maximum atomic E-state index is 11.7.